The number of carbonyl (C=O) groups is 1. The van der Waals surface area contributed by atoms with Gasteiger partial charge in [-0.2, -0.15) is 9.40 Å². The molecule has 2 aromatic carbocycles. The Morgan fingerprint density at radius 2 is 1.63 bits per heavy atom. The molecule has 2 heterocycles. The van der Waals surface area contributed by atoms with E-state index in [0.717, 1.165) is 12.1 Å². The molecule has 0 bridgehead atoms. The van der Waals surface area contributed by atoms with Gasteiger partial charge in [0.15, 0.2) is 5.82 Å². The number of nitrogens with zero attached hydrogens (tertiary/aromatic N) is 5. The fourth-order valence-electron chi connectivity index (χ4n) is 3.84. The van der Waals surface area contributed by atoms with E-state index < -0.39 is 61.9 Å². The van der Waals surface area contributed by atoms with Gasteiger partial charge in [-0.05, 0) is 62.1 Å². The first-order valence-corrected chi connectivity index (χ1v) is 12.5. The number of hydrogen-bond donors (Lipinski definition) is 0. The van der Waals surface area contributed by atoms with E-state index >= 15 is 8.78 Å². The van der Waals surface area contributed by atoms with E-state index in [1.807, 2.05) is 0 Å². The average molecular weight is 548 g/mol. The Morgan fingerprint density at radius 3 is 2.29 bits per heavy atom. The second-order valence-electron chi connectivity index (χ2n) is 8.53. The lowest BCUT2D eigenvalue weighted by atomic mass is 10.0. The van der Waals surface area contributed by atoms with Gasteiger partial charge >= 0.3 is 0 Å². The number of halogens is 4. The summed E-state index contributed by atoms with van der Waals surface area (Å²) in [7, 11) is -0.770. The first kappa shape index (κ1) is 26.9. The number of aryl methyl sites for hydroxylation is 1. The number of amides is 1. The summed E-state index contributed by atoms with van der Waals surface area (Å²) in [4.78, 5) is 17.2. The van der Waals surface area contributed by atoms with Gasteiger partial charge in [-0.25, -0.2) is 26.0 Å². The van der Waals surface area contributed by atoms with Gasteiger partial charge in [0.05, 0.1) is 17.8 Å². The van der Waals surface area contributed by atoms with E-state index in [1.165, 1.54) is 49.3 Å². The van der Waals surface area contributed by atoms with Crippen LogP contribution in [0.4, 0.5) is 23.2 Å². The zero-order chi connectivity index (χ0) is 27.8. The molecule has 0 fully saturated rings. The third-order valence-electron chi connectivity index (χ3n) is 5.44. The normalized spacial score (nSPS) is 11.7. The molecule has 13 heteroatoms. The van der Waals surface area contributed by atoms with Crippen LogP contribution in [0.2, 0.25) is 0 Å². The highest BCUT2D eigenvalue weighted by Crippen LogP contribution is 2.39. The molecule has 38 heavy (non-hydrogen) atoms. The number of aromatic nitrogens is 3. The summed E-state index contributed by atoms with van der Waals surface area (Å²) in [6, 6.07) is 6.33. The van der Waals surface area contributed by atoms with Gasteiger partial charge in [0.2, 0.25) is 0 Å². The van der Waals surface area contributed by atoms with Crippen molar-refractivity contribution in [3.8, 4) is 22.4 Å². The van der Waals surface area contributed by atoms with Gasteiger partial charge in [-0.3, -0.25) is 14.5 Å². The lowest BCUT2D eigenvalue weighted by Gasteiger charge is -2.25. The molecular weight excluding hydrogens is 526 g/mol. The van der Waals surface area contributed by atoms with Crippen molar-refractivity contribution >= 4 is 21.6 Å². The highest BCUT2D eigenvalue weighted by atomic mass is 32.2. The van der Waals surface area contributed by atoms with Crippen LogP contribution in [0.5, 0.6) is 0 Å². The number of anilines is 1. The molecule has 0 unspecified atom stereocenters. The lowest BCUT2D eigenvalue weighted by molar-refractivity contribution is -0.118. The average Bonchev–Trinajstić information content (AvgIpc) is 3.23. The number of benzene rings is 2. The summed E-state index contributed by atoms with van der Waals surface area (Å²) in [6.07, 6.45) is 4.44. The quantitative estimate of drug-likeness (QED) is 0.325. The van der Waals surface area contributed by atoms with E-state index in [0.29, 0.717) is 29.3 Å². The number of carbonyl (C=O) groups excluding carboxylic acids is 1. The minimum Gasteiger partial charge on any atom is -0.301 e. The van der Waals surface area contributed by atoms with Crippen LogP contribution in [0.15, 0.2) is 66.0 Å². The minimum absolute atomic E-state index is 0.0121. The van der Waals surface area contributed by atoms with Crippen molar-refractivity contribution in [2.75, 3.05) is 24.9 Å². The molecule has 0 spiro atoms. The summed E-state index contributed by atoms with van der Waals surface area (Å²) < 4.78 is 88.1. The van der Waals surface area contributed by atoms with Crippen LogP contribution in [0.25, 0.3) is 22.4 Å². The second-order valence-corrected chi connectivity index (χ2v) is 10.3. The van der Waals surface area contributed by atoms with Crippen LogP contribution in [0, 0.1) is 23.3 Å². The molecule has 0 aliphatic carbocycles. The standard InChI is InChI=1S/C25H21F4N5O3S/c1-32(2)14-22(35)34(38(36,37)21-12-16(26)4-5-18(21)27)20-7-6-19(28)23(24(20)29)25-17(13-33(3)31-25)15-8-10-30-11-9-15/h4-13H,14H2,1-3H3. The topological polar surface area (TPSA) is 88.4 Å². The van der Waals surface area contributed by atoms with Gasteiger partial charge in [-0.1, -0.05) is 0 Å². The minimum atomic E-state index is -5.20. The number of rotatable bonds is 7. The molecule has 4 rings (SSSR count). The van der Waals surface area contributed by atoms with Crippen LogP contribution >= 0.6 is 0 Å². The van der Waals surface area contributed by atoms with Crippen molar-refractivity contribution in [3.05, 3.63) is 84.3 Å². The summed E-state index contributed by atoms with van der Waals surface area (Å²) in [5, 5.41) is 4.16. The molecule has 0 saturated heterocycles. The third kappa shape index (κ3) is 5.02. The maximum Gasteiger partial charge on any atom is 0.274 e. The molecule has 0 saturated carbocycles. The number of likely N-dealkylation sites (N-methyl/N-ethyl adjacent to an activating group) is 1. The van der Waals surface area contributed by atoms with Crippen molar-refractivity contribution in [3.63, 3.8) is 0 Å². The smallest absolute Gasteiger partial charge is 0.274 e. The Kier molecular flexibility index (Phi) is 7.33. The van der Waals surface area contributed by atoms with E-state index in [4.69, 9.17) is 0 Å². The van der Waals surface area contributed by atoms with E-state index in [9.17, 15) is 22.0 Å². The highest BCUT2D eigenvalue weighted by Gasteiger charge is 2.37. The SMILES string of the molecule is CN(C)CC(=O)N(c1ccc(F)c(-c2nn(C)cc2-c2ccncc2)c1F)S(=O)(=O)c1cc(F)ccc1F. The van der Waals surface area contributed by atoms with Crippen LogP contribution < -0.4 is 4.31 Å². The molecule has 0 radical (unpaired) electrons. The molecule has 2 aromatic heterocycles. The molecular formula is C25H21F4N5O3S. The van der Waals surface area contributed by atoms with Crippen molar-refractivity contribution in [2.45, 2.75) is 4.90 Å². The second kappa shape index (κ2) is 10.3. The number of pyridine rings is 1. The largest absolute Gasteiger partial charge is 0.301 e. The summed E-state index contributed by atoms with van der Waals surface area (Å²) in [6.45, 7) is -0.547. The third-order valence-corrected chi connectivity index (χ3v) is 7.19. The van der Waals surface area contributed by atoms with Crippen molar-refractivity contribution in [1.29, 1.82) is 0 Å². The van der Waals surface area contributed by atoms with Gasteiger partial charge in [0, 0.05) is 31.2 Å². The van der Waals surface area contributed by atoms with Crippen molar-refractivity contribution < 1.29 is 30.8 Å². The Balaban J connectivity index is 1.98. The fraction of sp³-hybridized carbons (Fsp3) is 0.160. The number of hydrogen-bond acceptors (Lipinski definition) is 6. The molecule has 0 aliphatic rings. The first-order valence-electron chi connectivity index (χ1n) is 11.0. The molecule has 4 aromatic rings. The predicted octanol–water partition coefficient (Wildman–Crippen LogP) is 3.99. The van der Waals surface area contributed by atoms with Gasteiger partial charge in [-0.15, -0.1) is 0 Å². The summed E-state index contributed by atoms with van der Waals surface area (Å²) >= 11 is 0. The van der Waals surface area contributed by atoms with E-state index in [2.05, 4.69) is 10.1 Å². The maximum atomic E-state index is 16.2. The number of sulfonamides is 1. The van der Waals surface area contributed by atoms with Gasteiger partial charge in [0.1, 0.15) is 28.0 Å². The van der Waals surface area contributed by atoms with Crippen molar-refractivity contribution in [2.24, 2.45) is 7.05 Å². The summed E-state index contributed by atoms with van der Waals surface area (Å²) in [5.74, 6) is -6.17. The Bertz CT molecular complexity index is 1630. The van der Waals surface area contributed by atoms with Crippen LogP contribution in [0.1, 0.15) is 0 Å². The molecule has 1 amide bonds. The van der Waals surface area contributed by atoms with Crippen LogP contribution in [-0.4, -0.2) is 54.6 Å². The van der Waals surface area contributed by atoms with Gasteiger partial charge < -0.3 is 4.90 Å². The maximum absolute atomic E-state index is 16.2. The van der Waals surface area contributed by atoms with Crippen LogP contribution in [-0.2, 0) is 21.9 Å². The van der Waals surface area contributed by atoms with E-state index in [1.54, 1.807) is 12.1 Å². The van der Waals surface area contributed by atoms with Crippen molar-refractivity contribution in [1.82, 2.24) is 19.7 Å². The Hall–Kier alpha value is -4.10. The summed E-state index contributed by atoms with van der Waals surface area (Å²) in [5.41, 5.74) is -0.960. The monoisotopic (exact) mass is 547 g/mol. The molecule has 0 atom stereocenters. The predicted molar refractivity (Wildman–Crippen MR) is 131 cm³/mol. The molecule has 8 nitrogen and oxygen atoms in total. The first-order chi connectivity index (χ1) is 17.9. The Labute approximate surface area is 215 Å². The Morgan fingerprint density at radius 1 is 0.974 bits per heavy atom. The zero-order valence-corrected chi connectivity index (χ0v) is 21.2. The fourth-order valence-corrected chi connectivity index (χ4v) is 5.34. The molecule has 0 aliphatic heterocycles. The lowest BCUT2D eigenvalue weighted by Crippen LogP contribution is -2.43. The zero-order valence-electron chi connectivity index (χ0n) is 20.4. The van der Waals surface area contributed by atoms with E-state index in [-0.39, 0.29) is 10.00 Å². The van der Waals surface area contributed by atoms with Gasteiger partial charge in [0.25, 0.3) is 15.9 Å². The highest BCUT2D eigenvalue weighted by molar-refractivity contribution is 7.93. The molecule has 0 N–H and O–H groups in total. The molecule has 198 valence electrons. The van der Waals surface area contributed by atoms with Crippen LogP contribution in [0.3, 0.4) is 0 Å².